The van der Waals surface area contributed by atoms with Crippen LogP contribution in [-0.4, -0.2) is 43.8 Å². The fraction of sp³-hybridized carbons (Fsp3) is 0.257. The fourth-order valence-corrected chi connectivity index (χ4v) is 7.87. The Morgan fingerprint density at radius 2 is 1.50 bits per heavy atom. The molecule has 5 rings (SSSR count). The Hall–Kier alpha value is -3.12. The molecule has 0 aliphatic heterocycles. The molecule has 0 aromatic heterocycles. The predicted octanol–water partition coefficient (Wildman–Crippen LogP) is 7.49. The molecular formula is C35H34Cl2IN3O4S. The van der Waals surface area contributed by atoms with E-state index in [0.29, 0.717) is 21.3 Å². The summed E-state index contributed by atoms with van der Waals surface area (Å²) >= 11 is 14.9. The average molecular weight is 791 g/mol. The van der Waals surface area contributed by atoms with E-state index in [1.807, 2.05) is 30.3 Å². The van der Waals surface area contributed by atoms with Crippen molar-refractivity contribution in [2.75, 3.05) is 10.8 Å². The molecule has 0 spiro atoms. The molecule has 0 radical (unpaired) electrons. The topological polar surface area (TPSA) is 86.8 Å². The Balaban J connectivity index is 1.57. The van der Waals surface area contributed by atoms with Crippen molar-refractivity contribution in [1.82, 2.24) is 10.2 Å². The predicted molar refractivity (Wildman–Crippen MR) is 191 cm³/mol. The van der Waals surface area contributed by atoms with Crippen LogP contribution in [0.15, 0.2) is 108 Å². The molecule has 0 saturated heterocycles. The molecule has 46 heavy (non-hydrogen) atoms. The van der Waals surface area contributed by atoms with Crippen LogP contribution in [0.3, 0.4) is 0 Å². The highest BCUT2D eigenvalue weighted by atomic mass is 127. The minimum atomic E-state index is -4.17. The Labute approximate surface area is 294 Å². The van der Waals surface area contributed by atoms with Gasteiger partial charge in [-0.15, -0.1) is 0 Å². The van der Waals surface area contributed by atoms with Crippen molar-refractivity contribution < 1.29 is 18.0 Å². The zero-order chi connectivity index (χ0) is 32.7. The number of hydrogen-bond donors (Lipinski definition) is 1. The Bertz CT molecular complexity index is 1750. The van der Waals surface area contributed by atoms with Gasteiger partial charge >= 0.3 is 0 Å². The molecule has 7 nitrogen and oxygen atoms in total. The molecule has 1 saturated carbocycles. The van der Waals surface area contributed by atoms with Gasteiger partial charge in [0, 0.05) is 32.6 Å². The van der Waals surface area contributed by atoms with E-state index in [-0.39, 0.29) is 29.8 Å². The van der Waals surface area contributed by atoms with Crippen molar-refractivity contribution in [3.8, 4) is 0 Å². The van der Waals surface area contributed by atoms with E-state index in [4.69, 9.17) is 23.2 Å². The third-order valence-corrected chi connectivity index (χ3v) is 11.1. The van der Waals surface area contributed by atoms with Gasteiger partial charge in [0.2, 0.25) is 11.8 Å². The van der Waals surface area contributed by atoms with E-state index in [0.717, 1.165) is 39.1 Å². The maximum absolute atomic E-state index is 14.6. The van der Waals surface area contributed by atoms with Gasteiger partial charge in [-0.05, 0) is 95.1 Å². The molecule has 11 heteroatoms. The third-order valence-electron chi connectivity index (χ3n) is 8.05. The van der Waals surface area contributed by atoms with Crippen LogP contribution >= 0.6 is 45.8 Å². The van der Waals surface area contributed by atoms with Crippen LogP contribution in [0.25, 0.3) is 0 Å². The lowest BCUT2D eigenvalue weighted by molar-refractivity contribution is -0.140. The number of halogens is 3. The van der Waals surface area contributed by atoms with Gasteiger partial charge in [0.15, 0.2) is 0 Å². The summed E-state index contributed by atoms with van der Waals surface area (Å²) in [5, 5.41) is 3.95. The summed E-state index contributed by atoms with van der Waals surface area (Å²) in [5.41, 5.74) is 1.77. The number of anilines is 1. The van der Waals surface area contributed by atoms with Crippen LogP contribution in [-0.2, 0) is 32.6 Å². The maximum Gasteiger partial charge on any atom is 0.264 e. The Morgan fingerprint density at radius 1 is 0.870 bits per heavy atom. The van der Waals surface area contributed by atoms with E-state index >= 15 is 0 Å². The Morgan fingerprint density at radius 3 is 2.13 bits per heavy atom. The average Bonchev–Trinajstić information content (AvgIpc) is 3.57. The second-order valence-corrected chi connectivity index (χ2v) is 15.2. The van der Waals surface area contributed by atoms with Crippen molar-refractivity contribution in [2.45, 2.75) is 55.6 Å². The summed E-state index contributed by atoms with van der Waals surface area (Å²) < 4.78 is 30.2. The number of carbonyl (C=O) groups excluding carboxylic acids is 2. The zero-order valence-corrected chi connectivity index (χ0v) is 29.5. The van der Waals surface area contributed by atoms with Crippen LogP contribution in [0.5, 0.6) is 0 Å². The number of nitrogens with one attached hydrogen (secondary N) is 1. The van der Waals surface area contributed by atoms with Gasteiger partial charge in [0.05, 0.1) is 10.6 Å². The minimum Gasteiger partial charge on any atom is -0.352 e. The summed E-state index contributed by atoms with van der Waals surface area (Å²) in [7, 11) is -4.17. The smallest absolute Gasteiger partial charge is 0.264 e. The maximum atomic E-state index is 14.6. The standard InChI is InChI=1S/C35H34Cl2IN3O4S/c36-27-16-15-26(32(37)22-27)23-40(33(21-25-9-3-1-4-10-25)35(43)39-29-11-7-8-12-29)34(42)24-41(30-19-17-28(38)18-20-30)46(44,45)31-13-5-2-6-14-31/h1-6,9-10,13-20,22,29,33H,7-8,11-12,21,23-24H2,(H,39,43)/t33-/m0/s1. The molecule has 0 unspecified atom stereocenters. The first kappa shape index (κ1) is 34.2. The molecule has 2 amide bonds. The van der Waals surface area contributed by atoms with E-state index in [2.05, 4.69) is 27.9 Å². The molecule has 4 aromatic carbocycles. The lowest BCUT2D eigenvalue weighted by atomic mass is 10.0. The molecule has 240 valence electrons. The van der Waals surface area contributed by atoms with Gasteiger partial charge in [0.1, 0.15) is 12.6 Å². The number of rotatable bonds is 12. The Kier molecular flexibility index (Phi) is 11.6. The van der Waals surface area contributed by atoms with Crippen LogP contribution in [0.4, 0.5) is 5.69 Å². The van der Waals surface area contributed by atoms with Crippen LogP contribution in [0.2, 0.25) is 10.0 Å². The second-order valence-electron chi connectivity index (χ2n) is 11.3. The van der Waals surface area contributed by atoms with Crippen molar-refractivity contribution in [1.29, 1.82) is 0 Å². The van der Waals surface area contributed by atoms with E-state index < -0.39 is 28.5 Å². The molecular weight excluding hydrogens is 756 g/mol. The van der Waals surface area contributed by atoms with Crippen molar-refractivity contribution in [2.24, 2.45) is 0 Å². The van der Waals surface area contributed by atoms with Crippen LogP contribution in [0.1, 0.15) is 36.8 Å². The molecule has 0 bridgehead atoms. The van der Waals surface area contributed by atoms with Gasteiger partial charge in [-0.3, -0.25) is 13.9 Å². The molecule has 1 fully saturated rings. The summed E-state index contributed by atoms with van der Waals surface area (Å²) in [6, 6.07) is 28.4. The number of nitrogens with zero attached hydrogens (tertiary/aromatic N) is 2. The molecule has 0 heterocycles. The summed E-state index contributed by atoms with van der Waals surface area (Å²) in [5.74, 6) is -0.840. The number of hydrogen-bond acceptors (Lipinski definition) is 4. The lowest BCUT2D eigenvalue weighted by Gasteiger charge is -2.34. The minimum absolute atomic E-state index is 0.0172. The molecule has 1 atom stereocenters. The van der Waals surface area contributed by atoms with Crippen LogP contribution < -0.4 is 9.62 Å². The normalized spacial score (nSPS) is 14.1. The number of carbonyl (C=O) groups is 2. The quantitative estimate of drug-likeness (QED) is 0.151. The number of sulfonamides is 1. The second kappa shape index (κ2) is 15.6. The molecule has 1 N–H and O–H groups in total. The highest BCUT2D eigenvalue weighted by Crippen LogP contribution is 2.28. The van der Waals surface area contributed by atoms with Crippen molar-refractivity contribution >= 4 is 73.3 Å². The highest BCUT2D eigenvalue weighted by molar-refractivity contribution is 14.1. The summed E-state index contributed by atoms with van der Waals surface area (Å²) in [6.07, 6.45) is 4.03. The van der Waals surface area contributed by atoms with E-state index in [1.54, 1.807) is 60.7 Å². The fourth-order valence-electron chi connectivity index (χ4n) is 5.61. The van der Waals surface area contributed by atoms with Gasteiger partial charge < -0.3 is 10.2 Å². The molecule has 1 aliphatic rings. The van der Waals surface area contributed by atoms with Crippen molar-refractivity contribution in [3.63, 3.8) is 0 Å². The summed E-state index contributed by atoms with van der Waals surface area (Å²) in [4.78, 5) is 30.2. The first-order chi connectivity index (χ1) is 22.1. The highest BCUT2D eigenvalue weighted by Gasteiger charge is 2.35. The monoisotopic (exact) mass is 789 g/mol. The molecule has 1 aliphatic carbocycles. The van der Waals surface area contributed by atoms with Gasteiger partial charge in [-0.25, -0.2) is 8.42 Å². The van der Waals surface area contributed by atoms with Gasteiger partial charge in [0.25, 0.3) is 10.0 Å². The van der Waals surface area contributed by atoms with Gasteiger partial charge in [-0.2, -0.15) is 0 Å². The first-order valence-electron chi connectivity index (χ1n) is 15.0. The number of amides is 2. The zero-order valence-electron chi connectivity index (χ0n) is 25.0. The van der Waals surface area contributed by atoms with E-state index in [9.17, 15) is 18.0 Å². The SMILES string of the molecule is O=C(NC1CCCC1)[C@H](Cc1ccccc1)N(Cc1ccc(Cl)cc1Cl)C(=O)CN(c1ccc(I)cc1)S(=O)(=O)c1ccccc1. The number of benzene rings is 4. The van der Waals surface area contributed by atoms with E-state index in [1.165, 1.54) is 17.0 Å². The lowest BCUT2D eigenvalue weighted by Crippen LogP contribution is -2.54. The van der Waals surface area contributed by atoms with Crippen LogP contribution in [0, 0.1) is 3.57 Å². The van der Waals surface area contributed by atoms with Crippen molar-refractivity contribution in [3.05, 3.63) is 128 Å². The third kappa shape index (κ3) is 8.61. The summed E-state index contributed by atoms with van der Waals surface area (Å²) in [6.45, 7) is -0.568. The first-order valence-corrected chi connectivity index (χ1v) is 18.3. The van der Waals surface area contributed by atoms with Gasteiger partial charge in [-0.1, -0.05) is 90.6 Å². The largest absolute Gasteiger partial charge is 0.352 e. The molecule has 4 aromatic rings.